The summed E-state index contributed by atoms with van der Waals surface area (Å²) in [6.07, 6.45) is 0. The summed E-state index contributed by atoms with van der Waals surface area (Å²) in [5, 5.41) is 0. The number of anilines is 1. The fourth-order valence-electron chi connectivity index (χ4n) is 1.76. The molecule has 0 spiro atoms. The Morgan fingerprint density at radius 1 is 1.25 bits per heavy atom. The number of Topliss-reactive ketones (excluding diaryl/α,β-unsaturated/α-hetero) is 1. The molecular formula is C14H21NO. The van der Waals surface area contributed by atoms with E-state index in [9.17, 15) is 4.79 Å². The summed E-state index contributed by atoms with van der Waals surface area (Å²) >= 11 is 0. The standard InChI is InChI=1S/C14H21NO/c1-5-15(10-11(2)3)14-8-6-13(7-9-14)12(4)16/h6-9,11H,5,10H2,1-4H3. The van der Waals surface area contributed by atoms with E-state index in [0.29, 0.717) is 5.92 Å². The summed E-state index contributed by atoms with van der Waals surface area (Å²) in [5.74, 6) is 0.769. The normalized spacial score (nSPS) is 10.6. The third kappa shape index (κ3) is 3.37. The van der Waals surface area contributed by atoms with Gasteiger partial charge in [-0.3, -0.25) is 4.79 Å². The minimum absolute atomic E-state index is 0.124. The Balaban J connectivity index is 2.82. The third-order valence-corrected chi connectivity index (χ3v) is 2.61. The molecule has 2 nitrogen and oxygen atoms in total. The van der Waals surface area contributed by atoms with Crippen LogP contribution in [0.3, 0.4) is 0 Å². The summed E-state index contributed by atoms with van der Waals surface area (Å²) in [6, 6.07) is 7.87. The Bertz CT molecular complexity index is 340. The van der Waals surface area contributed by atoms with Crippen LogP contribution in [-0.4, -0.2) is 18.9 Å². The van der Waals surface area contributed by atoms with E-state index < -0.39 is 0 Å². The van der Waals surface area contributed by atoms with Crippen molar-refractivity contribution in [3.63, 3.8) is 0 Å². The van der Waals surface area contributed by atoms with Gasteiger partial charge in [-0.05, 0) is 44.0 Å². The molecule has 0 heterocycles. The van der Waals surface area contributed by atoms with Gasteiger partial charge in [-0.2, -0.15) is 0 Å². The second kappa shape index (κ2) is 5.69. The first kappa shape index (κ1) is 12.8. The van der Waals surface area contributed by atoms with Crippen LogP contribution in [0.5, 0.6) is 0 Å². The van der Waals surface area contributed by atoms with Crippen molar-refractivity contribution < 1.29 is 4.79 Å². The predicted octanol–water partition coefficient (Wildman–Crippen LogP) is 3.37. The summed E-state index contributed by atoms with van der Waals surface area (Å²) in [7, 11) is 0. The van der Waals surface area contributed by atoms with Crippen LogP contribution >= 0.6 is 0 Å². The second-order valence-corrected chi connectivity index (χ2v) is 4.54. The smallest absolute Gasteiger partial charge is 0.159 e. The van der Waals surface area contributed by atoms with E-state index >= 15 is 0 Å². The number of carbonyl (C=O) groups is 1. The fourth-order valence-corrected chi connectivity index (χ4v) is 1.76. The number of hydrogen-bond donors (Lipinski definition) is 0. The van der Waals surface area contributed by atoms with Gasteiger partial charge >= 0.3 is 0 Å². The van der Waals surface area contributed by atoms with Gasteiger partial charge in [0.05, 0.1) is 0 Å². The molecule has 0 aromatic heterocycles. The first-order chi connectivity index (χ1) is 7.54. The van der Waals surface area contributed by atoms with Crippen molar-refractivity contribution in [2.75, 3.05) is 18.0 Å². The van der Waals surface area contributed by atoms with E-state index in [1.807, 2.05) is 24.3 Å². The fraction of sp³-hybridized carbons (Fsp3) is 0.500. The van der Waals surface area contributed by atoms with Gasteiger partial charge in [-0.1, -0.05) is 13.8 Å². The molecule has 0 saturated carbocycles. The number of rotatable bonds is 5. The van der Waals surface area contributed by atoms with Gasteiger partial charge < -0.3 is 4.90 Å². The zero-order valence-corrected chi connectivity index (χ0v) is 10.7. The van der Waals surface area contributed by atoms with Crippen LogP contribution < -0.4 is 4.90 Å². The van der Waals surface area contributed by atoms with Crippen LogP contribution in [0.1, 0.15) is 38.1 Å². The maximum absolute atomic E-state index is 11.2. The lowest BCUT2D eigenvalue weighted by atomic mass is 10.1. The first-order valence-corrected chi connectivity index (χ1v) is 5.90. The lowest BCUT2D eigenvalue weighted by Crippen LogP contribution is -2.27. The van der Waals surface area contributed by atoms with Gasteiger partial charge in [0.1, 0.15) is 0 Å². The zero-order chi connectivity index (χ0) is 12.1. The summed E-state index contributed by atoms with van der Waals surface area (Å²) in [5.41, 5.74) is 1.98. The molecular weight excluding hydrogens is 198 g/mol. The van der Waals surface area contributed by atoms with E-state index in [1.165, 1.54) is 5.69 Å². The molecule has 16 heavy (non-hydrogen) atoms. The molecule has 2 heteroatoms. The largest absolute Gasteiger partial charge is 0.372 e. The van der Waals surface area contributed by atoms with Crippen LogP contribution in [0.2, 0.25) is 0 Å². The van der Waals surface area contributed by atoms with Gasteiger partial charge in [0.15, 0.2) is 5.78 Å². The zero-order valence-electron chi connectivity index (χ0n) is 10.7. The highest BCUT2D eigenvalue weighted by molar-refractivity contribution is 5.94. The highest BCUT2D eigenvalue weighted by Gasteiger charge is 2.07. The molecule has 0 N–H and O–H groups in total. The van der Waals surface area contributed by atoms with Crippen molar-refractivity contribution in [1.82, 2.24) is 0 Å². The van der Waals surface area contributed by atoms with Crippen LogP contribution in [0.15, 0.2) is 24.3 Å². The molecule has 0 bridgehead atoms. The maximum Gasteiger partial charge on any atom is 0.159 e. The molecule has 1 rings (SSSR count). The molecule has 0 radical (unpaired) electrons. The Labute approximate surface area is 98.3 Å². The molecule has 1 aromatic rings. The van der Waals surface area contributed by atoms with Gasteiger partial charge in [0.2, 0.25) is 0 Å². The maximum atomic E-state index is 11.2. The van der Waals surface area contributed by atoms with Crippen molar-refractivity contribution in [2.45, 2.75) is 27.7 Å². The Hall–Kier alpha value is -1.31. The van der Waals surface area contributed by atoms with Crippen molar-refractivity contribution in [3.8, 4) is 0 Å². The quantitative estimate of drug-likeness (QED) is 0.708. The second-order valence-electron chi connectivity index (χ2n) is 4.54. The number of nitrogens with zero attached hydrogens (tertiary/aromatic N) is 1. The predicted molar refractivity (Wildman–Crippen MR) is 69.2 cm³/mol. The molecule has 88 valence electrons. The van der Waals surface area contributed by atoms with E-state index in [1.54, 1.807) is 6.92 Å². The van der Waals surface area contributed by atoms with Crippen LogP contribution in [0, 0.1) is 5.92 Å². The lowest BCUT2D eigenvalue weighted by Gasteiger charge is -2.25. The molecule has 0 aliphatic rings. The summed E-state index contributed by atoms with van der Waals surface area (Å²) in [4.78, 5) is 13.5. The average Bonchev–Trinajstić information content (AvgIpc) is 2.25. The number of carbonyl (C=O) groups excluding carboxylic acids is 1. The minimum atomic E-state index is 0.124. The monoisotopic (exact) mass is 219 g/mol. The average molecular weight is 219 g/mol. The Morgan fingerprint density at radius 2 is 1.81 bits per heavy atom. The Morgan fingerprint density at radius 3 is 2.19 bits per heavy atom. The topological polar surface area (TPSA) is 20.3 Å². The Kier molecular flexibility index (Phi) is 4.53. The highest BCUT2D eigenvalue weighted by atomic mass is 16.1. The molecule has 0 atom stereocenters. The molecule has 0 aliphatic heterocycles. The summed E-state index contributed by atoms with van der Waals surface area (Å²) in [6.45, 7) is 10.2. The minimum Gasteiger partial charge on any atom is -0.372 e. The number of ketones is 1. The van der Waals surface area contributed by atoms with Crippen LogP contribution in [-0.2, 0) is 0 Å². The molecule has 0 saturated heterocycles. The van der Waals surface area contributed by atoms with Crippen LogP contribution in [0.25, 0.3) is 0 Å². The summed E-state index contributed by atoms with van der Waals surface area (Å²) < 4.78 is 0. The van der Waals surface area contributed by atoms with E-state index in [-0.39, 0.29) is 5.78 Å². The van der Waals surface area contributed by atoms with Crippen molar-refractivity contribution in [1.29, 1.82) is 0 Å². The third-order valence-electron chi connectivity index (χ3n) is 2.61. The van der Waals surface area contributed by atoms with Crippen molar-refractivity contribution >= 4 is 11.5 Å². The van der Waals surface area contributed by atoms with Gasteiger partial charge in [0.25, 0.3) is 0 Å². The van der Waals surface area contributed by atoms with Gasteiger partial charge in [-0.25, -0.2) is 0 Å². The SMILES string of the molecule is CCN(CC(C)C)c1ccc(C(C)=O)cc1. The molecule has 0 amide bonds. The molecule has 0 aliphatic carbocycles. The van der Waals surface area contributed by atoms with Gasteiger partial charge in [0, 0.05) is 24.3 Å². The number of hydrogen-bond acceptors (Lipinski definition) is 2. The lowest BCUT2D eigenvalue weighted by molar-refractivity contribution is 0.101. The number of benzene rings is 1. The first-order valence-electron chi connectivity index (χ1n) is 5.90. The van der Waals surface area contributed by atoms with Crippen LogP contribution in [0.4, 0.5) is 5.69 Å². The van der Waals surface area contributed by atoms with Crippen molar-refractivity contribution in [3.05, 3.63) is 29.8 Å². The van der Waals surface area contributed by atoms with E-state index in [2.05, 4.69) is 25.7 Å². The molecule has 1 aromatic carbocycles. The van der Waals surface area contributed by atoms with E-state index in [4.69, 9.17) is 0 Å². The van der Waals surface area contributed by atoms with Crippen molar-refractivity contribution in [2.24, 2.45) is 5.92 Å². The van der Waals surface area contributed by atoms with Gasteiger partial charge in [-0.15, -0.1) is 0 Å². The highest BCUT2D eigenvalue weighted by Crippen LogP contribution is 2.16. The van der Waals surface area contributed by atoms with E-state index in [0.717, 1.165) is 18.7 Å². The molecule has 0 fully saturated rings. The molecule has 0 unspecified atom stereocenters.